The van der Waals surface area contributed by atoms with Gasteiger partial charge in [0.1, 0.15) is 5.82 Å². The Balaban J connectivity index is 1.89. The first-order valence-electron chi connectivity index (χ1n) is 7.49. The fraction of sp³-hybridized carbons (Fsp3) is 0.333. The van der Waals surface area contributed by atoms with E-state index in [1.54, 1.807) is 24.3 Å². The van der Waals surface area contributed by atoms with Crippen LogP contribution in [0.15, 0.2) is 35.2 Å². The quantitative estimate of drug-likeness (QED) is 0.412. The van der Waals surface area contributed by atoms with E-state index in [-0.39, 0.29) is 11.4 Å². The zero-order valence-electron chi connectivity index (χ0n) is 13.5. The van der Waals surface area contributed by atoms with E-state index in [9.17, 15) is 8.42 Å². The largest absolute Gasteiger partial charge is 0.369 e. The van der Waals surface area contributed by atoms with Crippen molar-refractivity contribution in [2.24, 2.45) is 0 Å². The summed E-state index contributed by atoms with van der Waals surface area (Å²) in [6.07, 6.45) is 0. The second kappa shape index (κ2) is 8.58. The number of aromatic nitrogens is 2. The summed E-state index contributed by atoms with van der Waals surface area (Å²) in [6.45, 7) is 5.27. The van der Waals surface area contributed by atoms with Crippen LogP contribution in [0.2, 0.25) is 0 Å². The van der Waals surface area contributed by atoms with Gasteiger partial charge in [0.05, 0.1) is 4.90 Å². The average Bonchev–Trinajstić information content (AvgIpc) is 2.52. The lowest BCUT2D eigenvalue weighted by atomic mass is 10.4. The number of benzene rings is 1. The Morgan fingerprint density at radius 1 is 1.08 bits per heavy atom. The fourth-order valence-electron chi connectivity index (χ4n) is 1.97. The third-order valence-corrected chi connectivity index (χ3v) is 5.23. The van der Waals surface area contributed by atoms with Crippen molar-refractivity contribution in [1.29, 1.82) is 0 Å². The number of hydrogen-bond donors (Lipinski definition) is 3. The highest BCUT2D eigenvalue weighted by Gasteiger charge is 2.12. The van der Waals surface area contributed by atoms with Gasteiger partial charge in [-0.1, -0.05) is 0 Å². The second-order valence-electron chi connectivity index (χ2n) is 5.03. The molecule has 24 heavy (non-hydrogen) atoms. The number of nitrogens with zero attached hydrogens (tertiary/aromatic N) is 2. The molecular weight excluding hydrogens is 441 g/mol. The molecule has 1 aromatic heterocycles. The molecule has 2 aromatic rings. The van der Waals surface area contributed by atoms with Crippen LogP contribution in [0, 0.1) is 10.5 Å². The van der Waals surface area contributed by atoms with Crippen molar-refractivity contribution in [2.45, 2.75) is 18.7 Å². The molecule has 0 fully saturated rings. The smallest absolute Gasteiger partial charge is 0.240 e. The van der Waals surface area contributed by atoms with Crippen LogP contribution in [0.3, 0.4) is 0 Å². The van der Waals surface area contributed by atoms with Gasteiger partial charge in [-0.25, -0.2) is 18.1 Å². The molecule has 0 unspecified atom stereocenters. The SMILES string of the molecule is CCNc1nc(C)cc(NCCNS(=O)(=O)c2ccc(I)cc2)n1. The molecule has 1 aromatic carbocycles. The summed E-state index contributed by atoms with van der Waals surface area (Å²) in [5.74, 6) is 1.21. The number of hydrogen-bond acceptors (Lipinski definition) is 6. The molecule has 7 nitrogen and oxygen atoms in total. The van der Waals surface area contributed by atoms with E-state index in [0.717, 1.165) is 15.8 Å². The Hall–Kier alpha value is -1.46. The lowest BCUT2D eigenvalue weighted by Crippen LogP contribution is -2.29. The minimum Gasteiger partial charge on any atom is -0.369 e. The molecule has 9 heteroatoms. The van der Waals surface area contributed by atoms with Crippen molar-refractivity contribution in [3.05, 3.63) is 39.6 Å². The minimum absolute atomic E-state index is 0.258. The lowest BCUT2D eigenvalue weighted by Gasteiger charge is -2.10. The highest BCUT2D eigenvalue weighted by molar-refractivity contribution is 14.1. The molecule has 0 amide bonds. The van der Waals surface area contributed by atoms with Gasteiger partial charge in [-0.2, -0.15) is 4.98 Å². The predicted molar refractivity (Wildman–Crippen MR) is 104 cm³/mol. The molecule has 0 aliphatic rings. The summed E-state index contributed by atoms with van der Waals surface area (Å²) in [5.41, 5.74) is 0.836. The monoisotopic (exact) mass is 461 g/mol. The minimum atomic E-state index is -3.49. The Morgan fingerprint density at radius 3 is 2.46 bits per heavy atom. The fourth-order valence-corrected chi connectivity index (χ4v) is 3.36. The molecule has 0 aliphatic carbocycles. The summed E-state index contributed by atoms with van der Waals surface area (Å²) in [5, 5.41) is 6.15. The van der Waals surface area contributed by atoms with Gasteiger partial charge in [-0.3, -0.25) is 0 Å². The van der Waals surface area contributed by atoms with Crippen molar-refractivity contribution in [3.8, 4) is 0 Å². The van der Waals surface area contributed by atoms with Gasteiger partial charge in [-0.05, 0) is 60.7 Å². The van der Waals surface area contributed by atoms with Crippen molar-refractivity contribution in [2.75, 3.05) is 30.3 Å². The van der Waals surface area contributed by atoms with Crippen LogP contribution in [-0.4, -0.2) is 38.0 Å². The van der Waals surface area contributed by atoms with Crippen molar-refractivity contribution >= 4 is 44.4 Å². The summed E-state index contributed by atoms with van der Waals surface area (Å²) < 4.78 is 27.9. The van der Waals surface area contributed by atoms with E-state index >= 15 is 0 Å². The first-order valence-corrected chi connectivity index (χ1v) is 10.1. The third-order valence-electron chi connectivity index (χ3n) is 3.04. The van der Waals surface area contributed by atoms with Crippen LogP contribution in [0.25, 0.3) is 0 Å². The molecule has 0 saturated carbocycles. The highest BCUT2D eigenvalue weighted by atomic mass is 127. The van der Waals surface area contributed by atoms with Gasteiger partial charge >= 0.3 is 0 Å². The molecule has 3 N–H and O–H groups in total. The molecule has 130 valence electrons. The Labute approximate surface area is 155 Å². The van der Waals surface area contributed by atoms with Gasteiger partial charge in [0.2, 0.25) is 16.0 Å². The van der Waals surface area contributed by atoms with Crippen LogP contribution in [0.1, 0.15) is 12.6 Å². The normalized spacial score (nSPS) is 11.3. The molecule has 0 bridgehead atoms. The molecular formula is C15H20IN5O2S. The molecule has 0 saturated heterocycles. The number of rotatable bonds is 8. The number of anilines is 2. The average molecular weight is 461 g/mol. The van der Waals surface area contributed by atoms with Crippen LogP contribution < -0.4 is 15.4 Å². The Kier molecular flexibility index (Phi) is 6.75. The topological polar surface area (TPSA) is 96.0 Å². The number of halogens is 1. The molecule has 1 heterocycles. The summed E-state index contributed by atoms with van der Waals surface area (Å²) in [6, 6.07) is 8.52. The third kappa shape index (κ3) is 5.56. The van der Waals surface area contributed by atoms with E-state index in [4.69, 9.17) is 0 Å². The van der Waals surface area contributed by atoms with E-state index in [0.29, 0.717) is 18.3 Å². The van der Waals surface area contributed by atoms with Crippen molar-refractivity contribution < 1.29 is 8.42 Å². The molecule has 0 radical (unpaired) electrons. The number of aryl methyl sites for hydroxylation is 1. The van der Waals surface area contributed by atoms with E-state index in [2.05, 4.69) is 47.9 Å². The zero-order valence-corrected chi connectivity index (χ0v) is 16.5. The molecule has 0 atom stereocenters. The Bertz CT molecular complexity index is 781. The summed E-state index contributed by atoms with van der Waals surface area (Å²) in [4.78, 5) is 8.84. The highest BCUT2D eigenvalue weighted by Crippen LogP contribution is 2.12. The van der Waals surface area contributed by atoms with Gasteiger partial charge < -0.3 is 10.6 Å². The van der Waals surface area contributed by atoms with E-state index in [1.165, 1.54) is 0 Å². The standard InChI is InChI=1S/C15H20IN5O2S/c1-3-17-15-20-11(2)10-14(21-15)18-8-9-19-24(22,23)13-6-4-12(16)5-7-13/h4-7,10,19H,3,8-9H2,1-2H3,(H2,17,18,20,21). The summed E-state index contributed by atoms with van der Waals surface area (Å²) >= 11 is 2.13. The maximum Gasteiger partial charge on any atom is 0.240 e. The predicted octanol–water partition coefficient (Wildman–Crippen LogP) is 2.21. The van der Waals surface area contributed by atoms with Gasteiger partial charge in [0.15, 0.2) is 0 Å². The zero-order chi connectivity index (χ0) is 17.6. The van der Waals surface area contributed by atoms with Gasteiger partial charge in [0, 0.05) is 35.0 Å². The Morgan fingerprint density at radius 2 is 1.79 bits per heavy atom. The number of sulfonamides is 1. The molecule has 2 rings (SSSR count). The first-order chi connectivity index (χ1) is 11.4. The maximum atomic E-state index is 12.2. The van der Waals surface area contributed by atoms with E-state index < -0.39 is 10.0 Å². The molecule has 0 aliphatic heterocycles. The number of nitrogens with one attached hydrogen (secondary N) is 3. The first kappa shape index (κ1) is 18.9. The van der Waals surface area contributed by atoms with Gasteiger partial charge in [-0.15, -0.1) is 0 Å². The van der Waals surface area contributed by atoms with Gasteiger partial charge in [0.25, 0.3) is 0 Å². The molecule has 0 spiro atoms. The van der Waals surface area contributed by atoms with Crippen LogP contribution in [-0.2, 0) is 10.0 Å². The van der Waals surface area contributed by atoms with Crippen molar-refractivity contribution in [3.63, 3.8) is 0 Å². The van der Waals surface area contributed by atoms with Crippen LogP contribution >= 0.6 is 22.6 Å². The second-order valence-corrected chi connectivity index (χ2v) is 8.04. The van der Waals surface area contributed by atoms with Crippen LogP contribution in [0.4, 0.5) is 11.8 Å². The summed E-state index contributed by atoms with van der Waals surface area (Å²) in [7, 11) is -3.49. The van der Waals surface area contributed by atoms with Crippen LogP contribution in [0.5, 0.6) is 0 Å². The van der Waals surface area contributed by atoms with Crippen molar-refractivity contribution in [1.82, 2.24) is 14.7 Å². The lowest BCUT2D eigenvalue weighted by molar-refractivity contribution is 0.583. The van der Waals surface area contributed by atoms with E-state index in [1.807, 2.05) is 19.9 Å². The maximum absolute atomic E-state index is 12.2.